The van der Waals surface area contributed by atoms with Crippen molar-refractivity contribution in [3.05, 3.63) is 0 Å². The number of rotatable bonds is 0. The zero-order valence-corrected chi connectivity index (χ0v) is 27.0. The zero-order valence-electron chi connectivity index (χ0n) is 27.0. The second kappa shape index (κ2) is 10.8. The van der Waals surface area contributed by atoms with Crippen LogP contribution in [-0.4, -0.2) is 53.9 Å². The normalized spacial score (nSPS) is 36.8. The summed E-state index contributed by atoms with van der Waals surface area (Å²) in [5.74, 6) is 2.55. The molecular formula is C31H64N2O3. The Bertz CT molecular complexity index is 707. The number of aliphatic hydroxyl groups excluding tert-OH is 1. The van der Waals surface area contributed by atoms with Crippen LogP contribution in [0.4, 0.5) is 0 Å². The Balaban J connectivity index is 0.000000271. The summed E-state index contributed by atoms with van der Waals surface area (Å²) in [6.45, 7) is 34.5. The van der Waals surface area contributed by atoms with Gasteiger partial charge < -0.3 is 15.5 Å². The maximum absolute atomic E-state index is 10.1. The Labute approximate surface area is 224 Å². The summed E-state index contributed by atoms with van der Waals surface area (Å²) in [6.07, 6.45) is 4.21. The summed E-state index contributed by atoms with van der Waals surface area (Å²) in [5, 5.41) is 33.0. The highest BCUT2D eigenvalue weighted by Gasteiger charge is 2.50. The summed E-state index contributed by atoms with van der Waals surface area (Å²) < 4.78 is 0. The largest absolute Gasteiger partial charge is 0.392 e. The third kappa shape index (κ3) is 7.05. The predicted octanol–water partition coefficient (Wildman–Crippen LogP) is 8.01. The molecule has 1 aliphatic carbocycles. The Morgan fingerprint density at radius 3 is 1.28 bits per heavy atom. The van der Waals surface area contributed by atoms with Crippen LogP contribution in [0.3, 0.4) is 0 Å². The third-order valence-corrected chi connectivity index (χ3v) is 10.3. The molecular weight excluding hydrogens is 448 g/mol. The number of hydrogen-bond donors (Lipinski definition) is 3. The van der Waals surface area contributed by atoms with Gasteiger partial charge in [0.15, 0.2) is 0 Å². The molecule has 2 aliphatic heterocycles. The van der Waals surface area contributed by atoms with Gasteiger partial charge in [-0.3, -0.25) is 0 Å². The minimum atomic E-state index is -0.148. The van der Waals surface area contributed by atoms with Crippen LogP contribution < -0.4 is 0 Å². The first kappa shape index (κ1) is 33.8. The Morgan fingerprint density at radius 1 is 0.583 bits per heavy atom. The van der Waals surface area contributed by atoms with E-state index in [-0.39, 0.29) is 39.1 Å². The highest BCUT2D eigenvalue weighted by atomic mass is 16.5. The molecule has 4 atom stereocenters. The maximum Gasteiger partial charge on any atom is 0.0644 e. The van der Waals surface area contributed by atoms with Crippen LogP contribution in [0, 0.1) is 34.5 Å². The molecule has 2 heterocycles. The van der Waals surface area contributed by atoms with Gasteiger partial charge in [-0.15, -0.1) is 0 Å². The van der Waals surface area contributed by atoms with E-state index in [0.29, 0.717) is 23.7 Å². The van der Waals surface area contributed by atoms with Gasteiger partial charge in [0, 0.05) is 22.2 Å². The van der Waals surface area contributed by atoms with E-state index in [1.54, 1.807) is 5.06 Å². The van der Waals surface area contributed by atoms with E-state index >= 15 is 0 Å². The number of nitrogens with zero attached hydrogens (tertiary/aromatic N) is 2. The maximum atomic E-state index is 10.1. The second-order valence-corrected chi connectivity index (χ2v) is 16.5. The van der Waals surface area contributed by atoms with Crippen molar-refractivity contribution < 1.29 is 15.5 Å². The molecule has 3 aliphatic rings. The van der Waals surface area contributed by atoms with Crippen LogP contribution in [0.5, 0.6) is 0 Å². The molecule has 0 aromatic rings. The highest BCUT2D eigenvalue weighted by molar-refractivity contribution is 5.00. The quantitative estimate of drug-likeness (QED) is 0.307. The van der Waals surface area contributed by atoms with Gasteiger partial charge in [0.05, 0.1) is 6.10 Å². The Hall–Kier alpha value is -0.200. The summed E-state index contributed by atoms with van der Waals surface area (Å²) in [6, 6.07) is 0. The molecule has 0 spiro atoms. The molecule has 3 fully saturated rings. The van der Waals surface area contributed by atoms with Crippen molar-refractivity contribution in [3.8, 4) is 0 Å². The molecule has 5 heteroatoms. The van der Waals surface area contributed by atoms with E-state index in [1.807, 2.05) is 0 Å². The average molecular weight is 513 g/mol. The molecule has 0 bridgehead atoms. The minimum Gasteiger partial charge on any atom is -0.392 e. The fourth-order valence-electron chi connectivity index (χ4n) is 7.93. The molecule has 3 N–H and O–H groups in total. The summed E-state index contributed by atoms with van der Waals surface area (Å²) >= 11 is 0. The first-order valence-corrected chi connectivity index (χ1v) is 14.4. The number of hydroxylamine groups is 4. The van der Waals surface area contributed by atoms with E-state index in [4.69, 9.17) is 0 Å². The smallest absolute Gasteiger partial charge is 0.0644 e. The molecule has 3 rings (SSSR count). The van der Waals surface area contributed by atoms with Crippen LogP contribution in [0.1, 0.15) is 136 Å². The van der Waals surface area contributed by atoms with E-state index in [0.717, 1.165) is 25.7 Å². The van der Waals surface area contributed by atoms with Crippen molar-refractivity contribution in [2.75, 3.05) is 0 Å². The Kier molecular flexibility index (Phi) is 10.1. The first-order valence-electron chi connectivity index (χ1n) is 14.4. The number of aliphatic hydroxyl groups is 1. The lowest BCUT2D eigenvalue weighted by molar-refractivity contribution is -0.266. The van der Waals surface area contributed by atoms with Crippen LogP contribution in [0.25, 0.3) is 0 Å². The average Bonchev–Trinajstić information content (AvgIpc) is 2.82. The van der Waals surface area contributed by atoms with Gasteiger partial charge >= 0.3 is 0 Å². The van der Waals surface area contributed by atoms with E-state index in [9.17, 15) is 15.5 Å². The van der Waals surface area contributed by atoms with Gasteiger partial charge in [0.2, 0.25) is 0 Å². The van der Waals surface area contributed by atoms with Crippen molar-refractivity contribution >= 4 is 0 Å². The summed E-state index contributed by atoms with van der Waals surface area (Å²) in [5.41, 5.74) is -0.120. The second-order valence-electron chi connectivity index (χ2n) is 16.5. The molecule has 0 aromatic carbocycles. The summed E-state index contributed by atoms with van der Waals surface area (Å²) in [4.78, 5) is 0. The van der Waals surface area contributed by atoms with Crippen LogP contribution >= 0.6 is 0 Å². The molecule has 0 amide bonds. The monoisotopic (exact) mass is 512 g/mol. The van der Waals surface area contributed by atoms with E-state index in [2.05, 4.69) is 111 Å². The van der Waals surface area contributed by atoms with Crippen molar-refractivity contribution in [1.82, 2.24) is 10.1 Å². The van der Waals surface area contributed by atoms with Gasteiger partial charge in [-0.1, -0.05) is 55.4 Å². The van der Waals surface area contributed by atoms with Crippen LogP contribution in [-0.2, 0) is 0 Å². The molecule has 216 valence electrons. The molecule has 0 aromatic heterocycles. The van der Waals surface area contributed by atoms with Crippen molar-refractivity contribution in [1.29, 1.82) is 0 Å². The SMILES string of the molecule is CC1CC(C)(C)C(O)C1(C)C.CC1CC(C)(C)N(O)C(C)(C)C1.CC1CC(C)(C)N(O)C(C)(C)C1C. The van der Waals surface area contributed by atoms with Gasteiger partial charge in [-0.05, 0) is 116 Å². The standard InChI is InChI=1S/C11H23NO.C10H21NO.C10H20O/c1-8-7-10(3,4)12(13)11(5,6)9(8)2;1-8-6-9(2,3)11(12)10(4,5)7-8;1-7-6-9(2,3)8(11)10(7,4)5/h8-9,13H,7H2,1-6H3;8,12H,6-7H2,1-5H3;7-8,11H,6H2,1-5H3. The minimum absolute atomic E-state index is 0.0683. The number of piperidine rings is 2. The van der Waals surface area contributed by atoms with Crippen molar-refractivity contribution in [3.63, 3.8) is 0 Å². The fraction of sp³-hybridized carbons (Fsp3) is 1.00. The number of hydrogen-bond acceptors (Lipinski definition) is 5. The first-order chi connectivity index (χ1) is 15.7. The van der Waals surface area contributed by atoms with Crippen molar-refractivity contribution in [2.24, 2.45) is 34.5 Å². The van der Waals surface area contributed by atoms with Crippen molar-refractivity contribution in [2.45, 2.75) is 165 Å². The molecule has 36 heavy (non-hydrogen) atoms. The van der Waals surface area contributed by atoms with E-state index in [1.165, 1.54) is 5.06 Å². The molecule has 2 saturated heterocycles. The highest BCUT2D eigenvalue weighted by Crippen LogP contribution is 2.52. The van der Waals surface area contributed by atoms with E-state index < -0.39 is 0 Å². The topological polar surface area (TPSA) is 67.2 Å². The molecule has 1 saturated carbocycles. The third-order valence-electron chi connectivity index (χ3n) is 10.3. The Morgan fingerprint density at radius 2 is 0.972 bits per heavy atom. The molecule has 0 radical (unpaired) electrons. The van der Waals surface area contributed by atoms with Crippen LogP contribution in [0.15, 0.2) is 0 Å². The van der Waals surface area contributed by atoms with Gasteiger partial charge in [0.1, 0.15) is 0 Å². The van der Waals surface area contributed by atoms with Gasteiger partial charge in [-0.25, -0.2) is 0 Å². The fourth-order valence-corrected chi connectivity index (χ4v) is 7.93. The predicted molar refractivity (Wildman–Crippen MR) is 152 cm³/mol. The molecule has 5 nitrogen and oxygen atoms in total. The lowest BCUT2D eigenvalue weighted by Crippen LogP contribution is -2.62. The lowest BCUT2D eigenvalue weighted by Gasteiger charge is -2.54. The van der Waals surface area contributed by atoms with Crippen LogP contribution in [0.2, 0.25) is 0 Å². The summed E-state index contributed by atoms with van der Waals surface area (Å²) in [7, 11) is 0. The van der Waals surface area contributed by atoms with Gasteiger partial charge in [-0.2, -0.15) is 10.1 Å². The zero-order chi connectivity index (χ0) is 28.9. The molecule has 4 unspecified atom stereocenters. The van der Waals surface area contributed by atoms with Gasteiger partial charge in [0.25, 0.3) is 0 Å². The lowest BCUT2D eigenvalue weighted by atomic mass is 9.69.